The van der Waals surface area contributed by atoms with Crippen LogP contribution >= 0.6 is 0 Å². The number of carbonyl (C=O) groups excluding carboxylic acids is 3. The number of ether oxygens (including phenoxy) is 2. The van der Waals surface area contributed by atoms with Crippen molar-refractivity contribution in [2.45, 2.75) is 99.0 Å². The molecule has 294 valence electrons. The fourth-order valence-corrected chi connectivity index (χ4v) is 5.54. The average Bonchev–Trinajstić information content (AvgIpc) is 3.16. The molecule has 12 heteroatoms. The lowest BCUT2D eigenvalue weighted by Crippen LogP contribution is -2.40. The number of carbonyl (C=O) groups is 3. The van der Waals surface area contributed by atoms with Crippen molar-refractivity contribution in [3.63, 3.8) is 0 Å². The number of nitrogens with one attached hydrogen (secondary N) is 4. The maximum absolute atomic E-state index is 12.8. The molecular formula is C43H57N7O5. The monoisotopic (exact) mass is 751 g/mol. The van der Waals surface area contributed by atoms with Gasteiger partial charge in [-0.1, -0.05) is 59.8 Å². The summed E-state index contributed by atoms with van der Waals surface area (Å²) in [5.41, 5.74) is 3.01. The molecule has 1 aromatic heterocycles. The predicted octanol–water partition coefficient (Wildman–Crippen LogP) is 9.99. The Morgan fingerprint density at radius 1 is 0.600 bits per heavy atom. The largest absolute Gasteiger partial charge is 0.462 e. The van der Waals surface area contributed by atoms with Gasteiger partial charge in [0.2, 0.25) is 17.8 Å². The summed E-state index contributed by atoms with van der Waals surface area (Å²) in [5, 5.41) is 12.6. The van der Waals surface area contributed by atoms with Gasteiger partial charge in [0, 0.05) is 28.2 Å². The summed E-state index contributed by atoms with van der Waals surface area (Å²) in [5.74, 6) is 0.457. The summed E-state index contributed by atoms with van der Waals surface area (Å²) < 4.78 is 11.2. The Labute approximate surface area is 325 Å². The highest BCUT2D eigenvalue weighted by atomic mass is 16.5. The van der Waals surface area contributed by atoms with Gasteiger partial charge >= 0.3 is 11.9 Å². The first kappa shape index (κ1) is 42.2. The van der Waals surface area contributed by atoms with E-state index in [2.05, 4.69) is 63.9 Å². The second-order valence-corrected chi connectivity index (χ2v) is 15.0. The van der Waals surface area contributed by atoms with E-state index in [1.807, 2.05) is 20.8 Å². The minimum absolute atomic E-state index is 0.172. The molecule has 55 heavy (non-hydrogen) atoms. The normalized spacial score (nSPS) is 12.3. The van der Waals surface area contributed by atoms with Crippen LogP contribution in [0.15, 0.2) is 72.8 Å². The number of rotatable bonds is 20. The van der Waals surface area contributed by atoms with Crippen LogP contribution in [0, 0.1) is 11.8 Å². The maximum Gasteiger partial charge on any atom is 0.338 e. The molecule has 4 rings (SSSR count). The van der Waals surface area contributed by atoms with E-state index in [9.17, 15) is 14.4 Å². The summed E-state index contributed by atoms with van der Waals surface area (Å²) in [4.78, 5) is 51.9. The Hall–Kier alpha value is -5.52. The van der Waals surface area contributed by atoms with Crippen LogP contribution in [0.1, 0.15) is 124 Å². The second kappa shape index (κ2) is 20.8. The molecule has 4 aromatic rings. The Morgan fingerprint density at radius 2 is 1.00 bits per heavy atom. The molecule has 0 aliphatic rings. The third-order valence-corrected chi connectivity index (χ3v) is 8.82. The third kappa shape index (κ3) is 14.3. The van der Waals surface area contributed by atoms with E-state index in [1.54, 1.807) is 72.8 Å². The fraction of sp³-hybridized carbons (Fsp3) is 0.442. The molecule has 3 aromatic carbocycles. The third-order valence-electron chi connectivity index (χ3n) is 8.82. The van der Waals surface area contributed by atoms with E-state index in [4.69, 9.17) is 9.47 Å². The summed E-state index contributed by atoms with van der Waals surface area (Å²) in [7, 11) is 0. The first-order chi connectivity index (χ1) is 26.3. The zero-order chi connectivity index (χ0) is 39.8. The molecule has 2 unspecified atom stereocenters. The van der Waals surface area contributed by atoms with Crippen molar-refractivity contribution in [3.05, 3.63) is 89.5 Å². The zero-order valence-corrected chi connectivity index (χ0v) is 33.3. The summed E-state index contributed by atoms with van der Waals surface area (Å²) >= 11 is 0. The van der Waals surface area contributed by atoms with Crippen LogP contribution in [0.3, 0.4) is 0 Å². The molecule has 4 N–H and O–H groups in total. The quantitative estimate of drug-likeness (QED) is 0.0637. The van der Waals surface area contributed by atoms with Gasteiger partial charge in [0.1, 0.15) is 0 Å². The highest BCUT2D eigenvalue weighted by Crippen LogP contribution is 2.23. The van der Waals surface area contributed by atoms with Gasteiger partial charge in [-0.2, -0.15) is 15.0 Å². The van der Waals surface area contributed by atoms with Gasteiger partial charge in [-0.25, -0.2) is 9.59 Å². The lowest BCUT2D eigenvalue weighted by atomic mass is 10.0. The van der Waals surface area contributed by atoms with Crippen molar-refractivity contribution in [1.29, 1.82) is 0 Å². The molecule has 0 radical (unpaired) electrons. The summed E-state index contributed by atoms with van der Waals surface area (Å²) in [6, 6.07) is 20.8. The van der Waals surface area contributed by atoms with Gasteiger partial charge in [0.15, 0.2) is 0 Å². The number of nitrogens with zero attached hydrogens (tertiary/aromatic N) is 3. The predicted molar refractivity (Wildman–Crippen MR) is 219 cm³/mol. The van der Waals surface area contributed by atoms with Crippen LogP contribution in [0.2, 0.25) is 0 Å². The molecule has 0 saturated carbocycles. The average molecular weight is 752 g/mol. The van der Waals surface area contributed by atoms with Gasteiger partial charge in [-0.3, -0.25) is 4.79 Å². The molecule has 0 bridgehead atoms. The highest BCUT2D eigenvalue weighted by molar-refractivity contribution is 5.95. The number of unbranched alkanes of at least 4 members (excludes halogenated alkanes) is 2. The first-order valence-corrected chi connectivity index (χ1v) is 19.4. The molecule has 12 nitrogen and oxygen atoms in total. The van der Waals surface area contributed by atoms with Crippen LogP contribution < -0.4 is 21.3 Å². The zero-order valence-electron chi connectivity index (χ0n) is 33.3. The van der Waals surface area contributed by atoms with E-state index in [0.29, 0.717) is 58.8 Å². The van der Waals surface area contributed by atoms with Gasteiger partial charge in [-0.15, -0.1) is 0 Å². The number of aromatic nitrogens is 3. The second-order valence-electron chi connectivity index (χ2n) is 15.0. The van der Waals surface area contributed by atoms with Crippen molar-refractivity contribution in [2.75, 3.05) is 29.2 Å². The summed E-state index contributed by atoms with van der Waals surface area (Å²) in [6.07, 6.45) is 7.48. The molecule has 0 aliphatic heterocycles. The molecule has 0 fully saturated rings. The molecule has 0 aliphatic carbocycles. The van der Waals surface area contributed by atoms with E-state index in [1.165, 1.54) is 0 Å². The standard InChI is InChI=1S/C43H57N7O5/c1-8-11-13-29(4)27-54-38(52)32-17-23-35(24-18-32)45-41-47-40(44-34-21-15-31(16-22-34)37(51)50-43(5,6)7)48-42(49-41)46-36-25-19-33(20-26-36)39(53)55-28-30(10-3)14-12-9-2/h15-26,29-30H,8-14,27-28H2,1-7H3,(H,50,51)(H3,44,45,46,47,48,49). The Bertz CT molecular complexity index is 1820. The summed E-state index contributed by atoms with van der Waals surface area (Å²) in [6.45, 7) is 15.1. The van der Waals surface area contributed by atoms with Crippen molar-refractivity contribution in [2.24, 2.45) is 11.8 Å². The van der Waals surface area contributed by atoms with Gasteiger partial charge in [0.05, 0.1) is 24.3 Å². The van der Waals surface area contributed by atoms with E-state index >= 15 is 0 Å². The van der Waals surface area contributed by atoms with Crippen molar-refractivity contribution < 1.29 is 23.9 Å². The van der Waals surface area contributed by atoms with E-state index in [0.717, 1.165) is 44.9 Å². The minimum atomic E-state index is -0.369. The van der Waals surface area contributed by atoms with Crippen molar-refractivity contribution >= 4 is 52.8 Å². The molecule has 0 saturated heterocycles. The van der Waals surface area contributed by atoms with Gasteiger partial charge < -0.3 is 30.7 Å². The van der Waals surface area contributed by atoms with Crippen LogP contribution in [0.25, 0.3) is 0 Å². The number of anilines is 6. The Morgan fingerprint density at radius 3 is 1.40 bits per heavy atom. The van der Waals surface area contributed by atoms with Crippen LogP contribution in [-0.2, 0) is 9.47 Å². The number of hydrogen-bond acceptors (Lipinski definition) is 11. The van der Waals surface area contributed by atoms with Crippen LogP contribution in [0.4, 0.5) is 34.9 Å². The Kier molecular flexibility index (Phi) is 16.0. The SMILES string of the molecule is CCCCC(C)COC(=O)c1ccc(Nc2nc(Nc3ccc(C(=O)NC(C)(C)C)cc3)nc(Nc3ccc(C(=O)OCC(CC)CCCC)cc3)n2)cc1. The topological polar surface area (TPSA) is 156 Å². The number of hydrogen-bond donors (Lipinski definition) is 4. The van der Waals surface area contributed by atoms with Gasteiger partial charge in [-0.05, 0) is 118 Å². The lowest BCUT2D eigenvalue weighted by Gasteiger charge is -2.20. The fourth-order valence-electron chi connectivity index (χ4n) is 5.54. The Balaban J connectivity index is 1.50. The smallest absolute Gasteiger partial charge is 0.338 e. The van der Waals surface area contributed by atoms with Crippen LogP contribution in [0.5, 0.6) is 0 Å². The first-order valence-electron chi connectivity index (χ1n) is 19.4. The molecule has 1 amide bonds. The maximum atomic E-state index is 12.8. The number of benzene rings is 3. The lowest BCUT2D eigenvalue weighted by molar-refractivity contribution is 0.0424. The van der Waals surface area contributed by atoms with E-state index < -0.39 is 0 Å². The molecule has 0 spiro atoms. The molecule has 1 heterocycles. The van der Waals surface area contributed by atoms with E-state index in [-0.39, 0.29) is 41.2 Å². The number of amides is 1. The molecular weight excluding hydrogens is 695 g/mol. The highest BCUT2D eigenvalue weighted by Gasteiger charge is 2.17. The van der Waals surface area contributed by atoms with Crippen LogP contribution in [-0.4, -0.2) is 51.6 Å². The minimum Gasteiger partial charge on any atom is -0.462 e. The van der Waals surface area contributed by atoms with Crippen molar-refractivity contribution in [1.82, 2.24) is 20.3 Å². The van der Waals surface area contributed by atoms with Crippen molar-refractivity contribution in [3.8, 4) is 0 Å². The number of esters is 2. The van der Waals surface area contributed by atoms with Gasteiger partial charge in [0.25, 0.3) is 5.91 Å². The molecule has 2 atom stereocenters.